The number of aromatic nitrogens is 1. The fourth-order valence-corrected chi connectivity index (χ4v) is 2.14. The highest BCUT2D eigenvalue weighted by atomic mass is 16.5. The van der Waals surface area contributed by atoms with Crippen molar-refractivity contribution >= 4 is 12.0 Å². The first-order chi connectivity index (χ1) is 13.1. The second-order valence-electron chi connectivity index (χ2n) is 5.62. The molecular formula is C19H23N3O5. The van der Waals surface area contributed by atoms with Crippen LogP contribution < -0.4 is 20.1 Å². The third-order valence-electron chi connectivity index (χ3n) is 3.43. The number of pyridine rings is 1. The minimum Gasteiger partial charge on any atom is -0.490 e. The van der Waals surface area contributed by atoms with E-state index in [0.717, 1.165) is 6.42 Å². The summed E-state index contributed by atoms with van der Waals surface area (Å²) in [5.41, 5.74) is 0.677. The predicted octanol–water partition coefficient (Wildman–Crippen LogP) is 2.94. The first kappa shape index (κ1) is 20.0. The molecule has 0 saturated heterocycles. The summed E-state index contributed by atoms with van der Waals surface area (Å²) < 4.78 is 11.6. The fraction of sp³-hybridized carbons (Fsp3) is 0.316. The van der Waals surface area contributed by atoms with Gasteiger partial charge in [-0.15, -0.1) is 0 Å². The summed E-state index contributed by atoms with van der Waals surface area (Å²) in [4.78, 5) is 26.4. The van der Waals surface area contributed by atoms with E-state index >= 15 is 0 Å². The van der Waals surface area contributed by atoms with Crippen molar-refractivity contribution in [3.8, 4) is 17.4 Å². The number of hydrogen-bond donors (Lipinski definition) is 3. The first-order valence-corrected chi connectivity index (χ1v) is 8.67. The molecule has 1 heterocycles. The predicted molar refractivity (Wildman–Crippen MR) is 99.0 cm³/mol. The number of aliphatic carboxylic acids is 1. The molecule has 0 bridgehead atoms. The average Bonchev–Trinajstić information content (AvgIpc) is 2.66. The Kier molecular flexibility index (Phi) is 7.90. The van der Waals surface area contributed by atoms with Crippen LogP contribution in [0.2, 0.25) is 0 Å². The zero-order valence-corrected chi connectivity index (χ0v) is 15.1. The SMILES string of the molecule is CCCOc1ccccc1Oc1ncccc1CNC(=O)NCCC(=O)O. The molecule has 2 amide bonds. The quantitative estimate of drug-likeness (QED) is 0.591. The number of nitrogens with zero attached hydrogens (tertiary/aromatic N) is 1. The second-order valence-corrected chi connectivity index (χ2v) is 5.62. The van der Waals surface area contributed by atoms with E-state index < -0.39 is 12.0 Å². The van der Waals surface area contributed by atoms with E-state index in [2.05, 4.69) is 15.6 Å². The number of nitrogens with one attached hydrogen (secondary N) is 2. The van der Waals surface area contributed by atoms with Gasteiger partial charge in [-0.05, 0) is 24.6 Å². The standard InChI is InChI=1S/C19H23N3O5/c1-2-12-26-15-7-3-4-8-16(15)27-18-14(6-5-10-20-18)13-22-19(25)21-11-9-17(23)24/h3-8,10H,2,9,11-13H2,1H3,(H,23,24)(H2,21,22,25). The van der Waals surface area contributed by atoms with E-state index in [9.17, 15) is 9.59 Å². The lowest BCUT2D eigenvalue weighted by Gasteiger charge is -2.14. The largest absolute Gasteiger partial charge is 0.490 e. The lowest BCUT2D eigenvalue weighted by atomic mass is 10.2. The highest BCUT2D eigenvalue weighted by molar-refractivity contribution is 5.75. The Morgan fingerprint density at radius 2 is 1.89 bits per heavy atom. The minimum absolute atomic E-state index is 0.0553. The third-order valence-corrected chi connectivity index (χ3v) is 3.43. The number of carbonyl (C=O) groups is 2. The van der Waals surface area contributed by atoms with Crippen molar-refractivity contribution in [1.82, 2.24) is 15.6 Å². The topological polar surface area (TPSA) is 110 Å². The number of carboxylic acid groups (broad SMARTS) is 1. The summed E-state index contributed by atoms with van der Waals surface area (Å²) in [5, 5.41) is 13.7. The molecular weight excluding hydrogens is 350 g/mol. The molecule has 3 N–H and O–H groups in total. The Labute approximate surface area is 157 Å². The fourth-order valence-electron chi connectivity index (χ4n) is 2.14. The summed E-state index contributed by atoms with van der Waals surface area (Å²) >= 11 is 0. The van der Waals surface area contributed by atoms with Crippen LogP contribution in [-0.4, -0.2) is 35.2 Å². The summed E-state index contributed by atoms with van der Waals surface area (Å²) in [6, 6.07) is 10.4. The van der Waals surface area contributed by atoms with Gasteiger partial charge in [0, 0.05) is 24.8 Å². The molecule has 8 heteroatoms. The Morgan fingerprint density at radius 3 is 2.63 bits per heavy atom. The van der Waals surface area contributed by atoms with Gasteiger partial charge in [-0.25, -0.2) is 9.78 Å². The van der Waals surface area contributed by atoms with E-state index in [-0.39, 0.29) is 19.5 Å². The van der Waals surface area contributed by atoms with Crippen LogP contribution in [-0.2, 0) is 11.3 Å². The van der Waals surface area contributed by atoms with Crippen LogP contribution >= 0.6 is 0 Å². The van der Waals surface area contributed by atoms with Gasteiger partial charge in [0.2, 0.25) is 5.88 Å². The molecule has 0 aliphatic heterocycles. The number of amides is 2. The van der Waals surface area contributed by atoms with Crippen molar-refractivity contribution < 1.29 is 24.2 Å². The molecule has 0 aliphatic carbocycles. The molecule has 0 aliphatic rings. The van der Waals surface area contributed by atoms with Gasteiger partial charge in [0.25, 0.3) is 0 Å². The molecule has 144 valence electrons. The Morgan fingerprint density at radius 1 is 1.11 bits per heavy atom. The monoisotopic (exact) mass is 373 g/mol. The van der Waals surface area contributed by atoms with E-state index in [0.29, 0.717) is 29.5 Å². The van der Waals surface area contributed by atoms with Gasteiger partial charge in [0.05, 0.1) is 13.0 Å². The number of benzene rings is 1. The number of carboxylic acids is 1. The molecule has 0 saturated carbocycles. The average molecular weight is 373 g/mol. The third kappa shape index (κ3) is 6.85. The van der Waals surface area contributed by atoms with Crippen LogP contribution in [0, 0.1) is 0 Å². The highest BCUT2D eigenvalue weighted by Gasteiger charge is 2.11. The summed E-state index contributed by atoms with van der Waals surface area (Å²) in [6.07, 6.45) is 2.34. The van der Waals surface area contributed by atoms with E-state index in [1.807, 2.05) is 25.1 Å². The molecule has 27 heavy (non-hydrogen) atoms. The normalized spacial score (nSPS) is 10.1. The van der Waals surface area contributed by atoms with Gasteiger partial charge >= 0.3 is 12.0 Å². The van der Waals surface area contributed by atoms with Gasteiger partial charge in [0.15, 0.2) is 11.5 Å². The maximum atomic E-state index is 11.7. The van der Waals surface area contributed by atoms with Crippen molar-refractivity contribution in [3.05, 3.63) is 48.2 Å². The second kappa shape index (κ2) is 10.6. The summed E-state index contributed by atoms with van der Waals surface area (Å²) in [7, 11) is 0. The zero-order chi connectivity index (χ0) is 19.5. The lowest BCUT2D eigenvalue weighted by molar-refractivity contribution is -0.136. The Balaban J connectivity index is 2.00. The van der Waals surface area contributed by atoms with E-state index in [1.165, 1.54) is 0 Å². The van der Waals surface area contributed by atoms with Crippen LogP contribution in [0.25, 0.3) is 0 Å². The summed E-state index contributed by atoms with van der Waals surface area (Å²) in [6.45, 7) is 2.83. The number of ether oxygens (including phenoxy) is 2. The molecule has 0 fully saturated rings. The molecule has 0 spiro atoms. The Hall–Kier alpha value is -3.29. The van der Waals surface area contributed by atoms with Crippen molar-refractivity contribution in [1.29, 1.82) is 0 Å². The maximum Gasteiger partial charge on any atom is 0.315 e. The minimum atomic E-state index is -0.970. The Bertz CT molecular complexity index is 767. The van der Waals surface area contributed by atoms with Crippen LogP contribution in [0.3, 0.4) is 0 Å². The number of hydrogen-bond acceptors (Lipinski definition) is 5. The van der Waals surface area contributed by atoms with E-state index in [4.69, 9.17) is 14.6 Å². The van der Waals surface area contributed by atoms with Crippen molar-refractivity contribution in [2.75, 3.05) is 13.2 Å². The zero-order valence-electron chi connectivity index (χ0n) is 15.1. The highest BCUT2D eigenvalue weighted by Crippen LogP contribution is 2.31. The number of urea groups is 1. The molecule has 2 aromatic rings. The molecule has 8 nitrogen and oxygen atoms in total. The van der Waals surface area contributed by atoms with E-state index in [1.54, 1.807) is 24.4 Å². The van der Waals surface area contributed by atoms with Gasteiger partial charge < -0.3 is 25.2 Å². The molecule has 1 aromatic carbocycles. The van der Waals surface area contributed by atoms with Crippen molar-refractivity contribution in [2.24, 2.45) is 0 Å². The van der Waals surface area contributed by atoms with Crippen LogP contribution in [0.5, 0.6) is 17.4 Å². The first-order valence-electron chi connectivity index (χ1n) is 8.67. The van der Waals surface area contributed by atoms with Gasteiger partial charge in [0.1, 0.15) is 0 Å². The van der Waals surface area contributed by atoms with Crippen LogP contribution in [0.4, 0.5) is 4.79 Å². The van der Waals surface area contributed by atoms with Crippen molar-refractivity contribution in [2.45, 2.75) is 26.3 Å². The maximum absolute atomic E-state index is 11.7. The molecule has 0 radical (unpaired) electrons. The van der Waals surface area contributed by atoms with Crippen molar-refractivity contribution in [3.63, 3.8) is 0 Å². The van der Waals surface area contributed by atoms with Gasteiger partial charge in [-0.1, -0.05) is 25.1 Å². The van der Waals surface area contributed by atoms with Crippen LogP contribution in [0.1, 0.15) is 25.3 Å². The number of carbonyl (C=O) groups excluding carboxylic acids is 1. The van der Waals surface area contributed by atoms with Crippen LogP contribution in [0.15, 0.2) is 42.6 Å². The van der Waals surface area contributed by atoms with Gasteiger partial charge in [-0.3, -0.25) is 4.79 Å². The molecule has 1 aromatic heterocycles. The molecule has 0 unspecified atom stereocenters. The lowest BCUT2D eigenvalue weighted by Crippen LogP contribution is -2.36. The smallest absolute Gasteiger partial charge is 0.315 e. The molecule has 2 rings (SSSR count). The molecule has 0 atom stereocenters. The van der Waals surface area contributed by atoms with Gasteiger partial charge in [-0.2, -0.15) is 0 Å². The number of rotatable bonds is 10. The summed E-state index contributed by atoms with van der Waals surface area (Å²) in [5.74, 6) is 0.547. The number of para-hydroxylation sites is 2.